The molecule has 2 heteroatoms. The number of nitrogens with one attached hydrogen (secondary N) is 1. The van der Waals surface area contributed by atoms with Crippen LogP contribution in [0, 0.1) is 5.92 Å². The lowest BCUT2D eigenvalue weighted by atomic mass is 9.83. The van der Waals surface area contributed by atoms with Crippen molar-refractivity contribution in [1.82, 2.24) is 0 Å². The van der Waals surface area contributed by atoms with Crippen LogP contribution in [0.2, 0.25) is 0 Å². The molecule has 1 aromatic carbocycles. The lowest BCUT2D eigenvalue weighted by Crippen LogP contribution is -2.26. The Morgan fingerprint density at radius 2 is 2.00 bits per heavy atom. The Balaban J connectivity index is 1.83. The van der Waals surface area contributed by atoms with Gasteiger partial charge in [0.1, 0.15) is 0 Å². The van der Waals surface area contributed by atoms with Crippen LogP contribution < -0.4 is 5.32 Å². The molecule has 2 rings (SSSR count). The van der Waals surface area contributed by atoms with Crippen molar-refractivity contribution in [2.24, 2.45) is 5.92 Å². The second-order valence-corrected chi connectivity index (χ2v) is 5.78. The Kier molecular flexibility index (Phi) is 5.71. The molecule has 0 heterocycles. The molecule has 0 aromatic heterocycles. The number of hydrogen-bond acceptors (Lipinski definition) is 2. The fourth-order valence-electron chi connectivity index (χ4n) is 3.16. The van der Waals surface area contributed by atoms with Crippen LogP contribution in [-0.4, -0.2) is 13.2 Å². The summed E-state index contributed by atoms with van der Waals surface area (Å²) in [5, 5.41) is 3.69. The molecule has 0 atom stereocenters. The highest BCUT2D eigenvalue weighted by molar-refractivity contribution is 5.46. The largest absolute Gasteiger partial charge is 0.382 e. The van der Waals surface area contributed by atoms with Crippen LogP contribution in [-0.2, 0) is 11.3 Å². The van der Waals surface area contributed by atoms with Gasteiger partial charge in [-0.2, -0.15) is 0 Å². The smallest absolute Gasteiger partial charge is 0.0713 e. The van der Waals surface area contributed by atoms with E-state index in [9.17, 15) is 0 Å². The average Bonchev–Trinajstić information content (AvgIpc) is 2.42. The molecule has 1 saturated carbocycles. The van der Waals surface area contributed by atoms with Crippen molar-refractivity contribution >= 4 is 5.69 Å². The molecule has 0 spiro atoms. The number of hydrogen-bond donors (Lipinski definition) is 1. The molecule has 19 heavy (non-hydrogen) atoms. The molecule has 1 aliphatic carbocycles. The second-order valence-electron chi connectivity index (χ2n) is 5.78. The molecule has 1 fully saturated rings. The predicted octanol–water partition coefficient (Wildman–Crippen LogP) is 4.60. The van der Waals surface area contributed by atoms with Gasteiger partial charge in [-0.25, -0.2) is 0 Å². The van der Waals surface area contributed by atoms with E-state index in [4.69, 9.17) is 4.74 Å². The van der Waals surface area contributed by atoms with Crippen molar-refractivity contribution in [3.63, 3.8) is 0 Å². The molecular weight excluding hydrogens is 234 g/mol. The van der Waals surface area contributed by atoms with E-state index in [1.807, 2.05) is 0 Å². The molecule has 0 unspecified atom stereocenters. The Bertz CT molecular complexity index is 369. The first-order valence-electron chi connectivity index (χ1n) is 7.66. The van der Waals surface area contributed by atoms with E-state index in [0.717, 1.165) is 5.92 Å². The lowest BCUT2D eigenvalue weighted by Gasteiger charge is -2.29. The molecule has 0 aliphatic heterocycles. The topological polar surface area (TPSA) is 21.3 Å². The highest BCUT2D eigenvalue weighted by Crippen LogP contribution is 2.29. The van der Waals surface area contributed by atoms with Gasteiger partial charge in [0.05, 0.1) is 6.61 Å². The first-order valence-corrected chi connectivity index (χ1v) is 7.66. The third-order valence-corrected chi connectivity index (χ3v) is 4.15. The summed E-state index contributed by atoms with van der Waals surface area (Å²) in [7, 11) is 1.75. The van der Waals surface area contributed by atoms with Gasteiger partial charge in [0, 0.05) is 18.8 Å². The normalized spacial score (nSPS) is 23.3. The van der Waals surface area contributed by atoms with Crippen molar-refractivity contribution < 1.29 is 4.74 Å². The standard InChI is InChI=1S/C17H27NO/c1-3-5-14-8-10-16(11-9-14)18-17-7-4-6-15(12-17)13-19-2/h4,6-7,12,14,16,18H,3,5,8-11,13H2,1-2H3. The van der Waals surface area contributed by atoms with Crippen LogP contribution in [0.1, 0.15) is 51.0 Å². The van der Waals surface area contributed by atoms with E-state index in [2.05, 4.69) is 36.5 Å². The van der Waals surface area contributed by atoms with Crippen LogP contribution in [0.25, 0.3) is 0 Å². The Labute approximate surface area is 117 Å². The Morgan fingerprint density at radius 1 is 1.21 bits per heavy atom. The van der Waals surface area contributed by atoms with Crippen LogP contribution in [0.4, 0.5) is 5.69 Å². The van der Waals surface area contributed by atoms with E-state index in [1.165, 1.54) is 49.8 Å². The number of anilines is 1. The van der Waals surface area contributed by atoms with Gasteiger partial charge >= 0.3 is 0 Å². The van der Waals surface area contributed by atoms with Gasteiger partial charge in [-0.05, 0) is 49.3 Å². The molecule has 0 saturated heterocycles. The van der Waals surface area contributed by atoms with Gasteiger partial charge in [0.2, 0.25) is 0 Å². The Morgan fingerprint density at radius 3 is 2.68 bits per heavy atom. The maximum Gasteiger partial charge on any atom is 0.0713 e. The van der Waals surface area contributed by atoms with Crippen molar-refractivity contribution in [3.8, 4) is 0 Å². The van der Waals surface area contributed by atoms with Gasteiger partial charge in [0.25, 0.3) is 0 Å². The summed E-state index contributed by atoms with van der Waals surface area (Å²) >= 11 is 0. The van der Waals surface area contributed by atoms with E-state index in [-0.39, 0.29) is 0 Å². The van der Waals surface area contributed by atoms with Crippen molar-refractivity contribution in [2.75, 3.05) is 12.4 Å². The SMILES string of the molecule is CCCC1CCC(Nc2cccc(COC)c2)CC1. The van der Waals surface area contributed by atoms with Gasteiger partial charge in [0.15, 0.2) is 0 Å². The summed E-state index contributed by atoms with van der Waals surface area (Å²) in [4.78, 5) is 0. The molecule has 106 valence electrons. The average molecular weight is 261 g/mol. The van der Waals surface area contributed by atoms with Crippen molar-refractivity contribution in [2.45, 2.75) is 58.1 Å². The second kappa shape index (κ2) is 7.54. The fraction of sp³-hybridized carbons (Fsp3) is 0.647. The monoisotopic (exact) mass is 261 g/mol. The number of ether oxygens (including phenoxy) is 1. The maximum atomic E-state index is 5.19. The first-order chi connectivity index (χ1) is 9.31. The highest BCUT2D eigenvalue weighted by Gasteiger charge is 2.20. The maximum absolute atomic E-state index is 5.19. The minimum atomic E-state index is 0.658. The van der Waals surface area contributed by atoms with Crippen molar-refractivity contribution in [3.05, 3.63) is 29.8 Å². The fourth-order valence-corrected chi connectivity index (χ4v) is 3.16. The summed E-state index contributed by atoms with van der Waals surface area (Å²) in [6.07, 6.45) is 8.17. The summed E-state index contributed by atoms with van der Waals surface area (Å²) < 4.78 is 5.19. The zero-order valence-electron chi connectivity index (χ0n) is 12.3. The molecule has 0 amide bonds. The van der Waals surface area contributed by atoms with Gasteiger partial charge in [-0.15, -0.1) is 0 Å². The zero-order valence-corrected chi connectivity index (χ0v) is 12.3. The first kappa shape index (κ1) is 14.4. The quantitative estimate of drug-likeness (QED) is 0.807. The zero-order chi connectivity index (χ0) is 13.5. The minimum Gasteiger partial charge on any atom is -0.382 e. The molecule has 1 aromatic rings. The Hall–Kier alpha value is -1.02. The molecule has 0 bridgehead atoms. The predicted molar refractivity (Wildman–Crippen MR) is 81.4 cm³/mol. The summed E-state index contributed by atoms with van der Waals surface area (Å²) in [5.41, 5.74) is 2.49. The third-order valence-electron chi connectivity index (χ3n) is 4.15. The number of rotatable bonds is 6. The van der Waals surface area contributed by atoms with Crippen LogP contribution in [0.5, 0.6) is 0 Å². The van der Waals surface area contributed by atoms with Gasteiger partial charge < -0.3 is 10.1 Å². The summed E-state index contributed by atoms with van der Waals surface area (Å²) in [6.45, 7) is 2.99. The van der Waals surface area contributed by atoms with Crippen LogP contribution >= 0.6 is 0 Å². The molecule has 1 N–H and O–H groups in total. The van der Waals surface area contributed by atoms with E-state index < -0.39 is 0 Å². The summed E-state index contributed by atoms with van der Waals surface area (Å²) in [6, 6.07) is 9.26. The van der Waals surface area contributed by atoms with E-state index >= 15 is 0 Å². The minimum absolute atomic E-state index is 0.658. The molecular formula is C17H27NO. The molecule has 1 aliphatic rings. The third kappa shape index (κ3) is 4.54. The lowest BCUT2D eigenvalue weighted by molar-refractivity contribution is 0.185. The highest BCUT2D eigenvalue weighted by atomic mass is 16.5. The van der Waals surface area contributed by atoms with Gasteiger partial charge in [-0.3, -0.25) is 0 Å². The van der Waals surface area contributed by atoms with Crippen LogP contribution in [0.15, 0.2) is 24.3 Å². The molecule has 0 radical (unpaired) electrons. The number of benzene rings is 1. The molecule has 2 nitrogen and oxygen atoms in total. The van der Waals surface area contributed by atoms with Crippen LogP contribution in [0.3, 0.4) is 0 Å². The summed E-state index contributed by atoms with van der Waals surface area (Å²) in [5.74, 6) is 0.975. The van der Waals surface area contributed by atoms with E-state index in [1.54, 1.807) is 7.11 Å². The van der Waals surface area contributed by atoms with Crippen molar-refractivity contribution in [1.29, 1.82) is 0 Å². The van der Waals surface area contributed by atoms with E-state index in [0.29, 0.717) is 12.6 Å². The van der Waals surface area contributed by atoms with Gasteiger partial charge in [-0.1, -0.05) is 31.9 Å². The number of methoxy groups -OCH3 is 1.